The van der Waals surface area contributed by atoms with E-state index in [9.17, 15) is 4.39 Å². The van der Waals surface area contributed by atoms with Crippen LogP contribution >= 0.6 is 0 Å². The number of benzene rings is 1. The van der Waals surface area contributed by atoms with Crippen molar-refractivity contribution in [3.05, 3.63) is 41.7 Å². The molecule has 1 aromatic rings. The quantitative estimate of drug-likeness (QED) is 0.791. The molecule has 0 aromatic heterocycles. The Morgan fingerprint density at radius 3 is 2.20 bits per heavy atom. The van der Waals surface area contributed by atoms with Crippen LogP contribution in [0, 0.1) is 11.2 Å². The van der Waals surface area contributed by atoms with Gasteiger partial charge in [-0.2, -0.15) is 0 Å². The van der Waals surface area contributed by atoms with Crippen molar-refractivity contribution in [3.8, 4) is 0 Å². The number of hydrogen-bond donors (Lipinski definition) is 1. The van der Waals surface area contributed by atoms with Crippen molar-refractivity contribution in [3.63, 3.8) is 0 Å². The summed E-state index contributed by atoms with van der Waals surface area (Å²) in [6.07, 6.45) is 1.99. The normalized spacial score (nSPS) is 13.0. The molecule has 0 fully saturated rings. The second-order valence-electron chi connectivity index (χ2n) is 4.61. The van der Waals surface area contributed by atoms with Gasteiger partial charge in [0.05, 0.1) is 0 Å². The van der Waals surface area contributed by atoms with Gasteiger partial charge in [0.25, 0.3) is 0 Å². The van der Waals surface area contributed by atoms with Crippen molar-refractivity contribution in [1.29, 1.82) is 0 Å². The molecule has 2 heteroatoms. The lowest BCUT2D eigenvalue weighted by Crippen LogP contribution is -2.10. The molecule has 0 heterocycles. The van der Waals surface area contributed by atoms with E-state index < -0.39 is 0 Å². The summed E-state index contributed by atoms with van der Waals surface area (Å²) < 4.78 is 12.8. The van der Waals surface area contributed by atoms with Crippen molar-refractivity contribution >= 4 is 5.57 Å². The molecule has 1 aromatic carbocycles. The van der Waals surface area contributed by atoms with Gasteiger partial charge in [0.2, 0.25) is 0 Å². The monoisotopic (exact) mass is 207 g/mol. The van der Waals surface area contributed by atoms with Crippen molar-refractivity contribution < 1.29 is 4.39 Å². The summed E-state index contributed by atoms with van der Waals surface area (Å²) in [6, 6.07) is 6.54. The van der Waals surface area contributed by atoms with Gasteiger partial charge in [0.15, 0.2) is 0 Å². The summed E-state index contributed by atoms with van der Waals surface area (Å²) in [4.78, 5) is 0. The fourth-order valence-corrected chi connectivity index (χ4v) is 1.60. The van der Waals surface area contributed by atoms with Gasteiger partial charge in [-0.1, -0.05) is 39.0 Å². The third-order valence-electron chi connectivity index (χ3n) is 2.29. The van der Waals surface area contributed by atoms with Crippen LogP contribution in [0.25, 0.3) is 5.57 Å². The summed E-state index contributed by atoms with van der Waals surface area (Å²) in [7, 11) is 0. The number of halogens is 1. The Labute approximate surface area is 90.8 Å². The molecule has 0 aliphatic rings. The van der Waals surface area contributed by atoms with E-state index >= 15 is 0 Å². The van der Waals surface area contributed by atoms with Gasteiger partial charge in [-0.05, 0) is 28.7 Å². The van der Waals surface area contributed by atoms with E-state index in [1.165, 1.54) is 12.1 Å². The molecular weight excluding hydrogens is 189 g/mol. The highest BCUT2D eigenvalue weighted by molar-refractivity contribution is 5.69. The summed E-state index contributed by atoms with van der Waals surface area (Å²) in [6.45, 7) is 6.87. The smallest absolute Gasteiger partial charge is 0.123 e. The molecule has 0 saturated heterocycles. The molecule has 82 valence electrons. The number of nitrogens with two attached hydrogens (primary N) is 1. The van der Waals surface area contributed by atoms with E-state index in [0.717, 1.165) is 11.1 Å². The Kier molecular flexibility index (Phi) is 3.64. The molecule has 0 spiro atoms. The SMILES string of the molecule is CC(C)(C)/C(=C/CN)c1ccc(F)cc1. The number of allylic oxidation sites excluding steroid dienone is 1. The van der Waals surface area contributed by atoms with E-state index in [1.54, 1.807) is 12.1 Å². The molecule has 15 heavy (non-hydrogen) atoms. The van der Waals surface area contributed by atoms with Crippen LogP contribution in [-0.2, 0) is 0 Å². The van der Waals surface area contributed by atoms with E-state index in [1.807, 2.05) is 6.08 Å². The Morgan fingerprint density at radius 2 is 1.80 bits per heavy atom. The van der Waals surface area contributed by atoms with Gasteiger partial charge in [-0.25, -0.2) is 4.39 Å². The standard InChI is InChI=1S/C13H18FN/c1-13(2,3)12(8-9-15)10-4-6-11(14)7-5-10/h4-8H,9,15H2,1-3H3/b12-8+. The molecule has 0 bridgehead atoms. The Bertz CT molecular complexity index is 344. The van der Waals surface area contributed by atoms with Crippen LogP contribution < -0.4 is 5.73 Å². The maximum Gasteiger partial charge on any atom is 0.123 e. The highest BCUT2D eigenvalue weighted by Gasteiger charge is 2.17. The molecule has 0 atom stereocenters. The summed E-state index contributed by atoms with van der Waals surface area (Å²) in [5.74, 6) is -0.209. The van der Waals surface area contributed by atoms with E-state index in [0.29, 0.717) is 6.54 Å². The molecule has 1 nitrogen and oxygen atoms in total. The van der Waals surface area contributed by atoms with Crippen molar-refractivity contribution in [2.45, 2.75) is 20.8 Å². The van der Waals surface area contributed by atoms with Crippen LogP contribution in [0.15, 0.2) is 30.3 Å². The average molecular weight is 207 g/mol. The Morgan fingerprint density at radius 1 is 1.27 bits per heavy atom. The van der Waals surface area contributed by atoms with Crippen molar-refractivity contribution in [1.82, 2.24) is 0 Å². The van der Waals surface area contributed by atoms with Gasteiger partial charge >= 0.3 is 0 Å². The van der Waals surface area contributed by atoms with Gasteiger partial charge in [0, 0.05) is 6.54 Å². The minimum absolute atomic E-state index is 0.0250. The highest BCUT2D eigenvalue weighted by atomic mass is 19.1. The van der Waals surface area contributed by atoms with Crippen LogP contribution in [0.3, 0.4) is 0 Å². The molecule has 0 saturated carbocycles. The third-order valence-corrected chi connectivity index (χ3v) is 2.29. The molecule has 0 aliphatic carbocycles. The molecule has 1 rings (SSSR count). The summed E-state index contributed by atoms with van der Waals surface area (Å²) >= 11 is 0. The molecule has 2 N–H and O–H groups in total. The first-order valence-electron chi connectivity index (χ1n) is 5.12. The second kappa shape index (κ2) is 4.58. The van der Waals surface area contributed by atoms with Crippen LogP contribution in [0.4, 0.5) is 4.39 Å². The first-order chi connectivity index (χ1) is 6.95. The van der Waals surface area contributed by atoms with Crippen LogP contribution in [-0.4, -0.2) is 6.54 Å². The molecule has 0 unspecified atom stereocenters. The van der Waals surface area contributed by atoms with Crippen molar-refractivity contribution in [2.24, 2.45) is 11.1 Å². The molecule has 0 radical (unpaired) electrons. The van der Waals surface area contributed by atoms with E-state index in [-0.39, 0.29) is 11.2 Å². The average Bonchev–Trinajstić information content (AvgIpc) is 2.14. The van der Waals surface area contributed by atoms with Gasteiger partial charge < -0.3 is 5.73 Å². The summed E-state index contributed by atoms with van der Waals surface area (Å²) in [5, 5.41) is 0. The fraction of sp³-hybridized carbons (Fsp3) is 0.385. The lowest BCUT2D eigenvalue weighted by atomic mass is 9.82. The lowest BCUT2D eigenvalue weighted by molar-refractivity contribution is 0.565. The minimum Gasteiger partial charge on any atom is -0.327 e. The van der Waals surface area contributed by atoms with Crippen LogP contribution in [0.5, 0.6) is 0 Å². The lowest BCUT2D eigenvalue weighted by Gasteiger charge is -2.23. The van der Waals surface area contributed by atoms with Crippen molar-refractivity contribution in [2.75, 3.05) is 6.54 Å². The topological polar surface area (TPSA) is 26.0 Å². The zero-order valence-electron chi connectivity index (χ0n) is 9.55. The van der Waals surface area contributed by atoms with E-state index in [4.69, 9.17) is 5.73 Å². The second-order valence-corrected chi connectivity index (χ2v) is 4.61. The zero-order chi connectivity index (χ0) is 11.5. The van der Waals surface area contributed by atoms with Crippen LogP contribution in [0.2, 0.25) is 0 Å². The largest absolute Gasteiger partial charge is 0.327 e. The maximum absolute atomic E-state index is 12.8. The third kappa shape index (κ3) is 3.17. The molecular formula is C13H18FN. The number of rotatable bonds is 2. The van der Waals surface area contributed by atoms with Gasteiger partial charge in [0.1, 0.15) is 5.82 Å². The Balaban J connectivity index is 3.11. The zero-order valence-corrected chi connectivity index (χ0v) is 9.55. The van der Waals surface area contributed by atoms with Crippen LogP contribution in [0.1, 0.15) is 26.3 Å². The first kappa shape index (κ1) is 11.9. The Hall–Kier alpha value is -1.15. The predicted molar refractivity (Wildman–Crippen MR) is 62.9 cm³/mol. The predicted octanol–water partition coefficient (Wildman–Crippen LogP) is 3.21. The highest BCUT2D eigenvalue weighted by Crippen LogP contribution is 2.33. The maximum atomic E-state index is 12.8. The molecule has 0 aliphatic heterocycles. The fourth-order valence-electron chi connectivity index (χ4n) is 1.60. The number of hydrogen-bond acceptors (Lipinski definition) is 1. The minimum atomic E-state index is -0.209. The van der Waals surface area contributed by atoms with E-state index in [2.05, 4.69) is 20.8 Å². The van der Waals surface area contributed by atoms with Gasteiger partial charge in [-0.15, -0.1) is 0 Å². The van der Waals surface area contributed by atoms with Gasteiger partial charge in [-0.3, -0.25) is 0 Å². The summed E-state index contributed by atoms with van der Waals surface area (Å²) in [5.41, 5.74) is 7.76. The molecule has 0 amide bonds. The first-order valence-corrected chi connectivity index (χ1v) is 5.12.